The van der Waals surface area contributed by atoms with E-state index in [-0.39, 0.29) is 22.8 Å². The van der Waals surface area contributed by atoms with Crippen LogP contribution in [0.5, 0.6) is 11.5 Å². The summed E-state index contributed by atoms with van der Waals surface area (Å²) >= 11 is 0. The summed E-state index contributed by atoms with van der Waals surface area (Å²) in [5.74, 6) is -1.73. The molecule has 0 aliphatic heterocycles. The minimum Gasteiger partial charge on any atom is -0.450 e. The van der Waals surface area contributed by atoms with Crippen LogP contribution in [0.1, 0.15) is 21.6 Å². The molecule has 4 aromatic rings. The lowest BCUT2D eigenvalue weighted by Gasteiger charge is -2.14. The van der Waals surface area contributed by atoms with Crippen molar-refractivity contribution in [1.82, 2.24) is 14.8 Å². The minimum absolute atomic E-state index is 0.00414. The largest absolute Gasteiger partial charge is 0.450 e. The van der Waals surface area contributed by atoms with Crippen molar-refractivity contribution in [3.8, 4) is 28.7 Å². The second kappa shape index (κ2) is 10.8. The first kappa shape index (κ1) is 28.3. The molecular weight excluding hydrogens is 549 g/mol. The summed E-state index contributed by atoms with van der Waals surface area (Å²) in [6.07, 6.45) is -2.95. The molecule has 206 valence electrons. The first-order valence-corrected chi connectivity index (χ1v) is 15.2. The number of nitrogens with zero attached hydrogens (tertiary/aromatic N) is 3. The number of para-hydroxylation sites is 1. The Morgan fingerprint density at radius 3 is 2.33 bits per heavy atom. The number of nitrogens with one attached hydrogen (secondary N) is 1. The Morgan fingerprint density at radius 2 is 1.73 bits per heavy atom. The highest BCUT2D eigenvalue weighted by Crippen LogP contribution is 2.35. The van der Waals surface area contributed by atoms with E-state index in [0.29, 0.717) is 16.8 Å². The molecule has 0 radical (unpaired) electrons. The van der Waals surface area contributed by atoms with Gasteiger partial charge in [-0.1, -0.05) is 43.8 Å². The molecule has 0 aliphatic rings. The normalized spacial score (nSPS) is 11.5. The summed E-state index contributed by atoms with van der Waals surface area (Å²) in [7, 11) is -1.85. The second-order valence-electron chi connectivity index (χ2n) is 9.55. The molecule has 13 heteroatoms. The second-order valence-corrected chi connectivity index (χ2v) is 14.3. The third-order valence-corrected chi connectivity index (χ3v) is 6.13. The van der Waals surface area contributed by atoms with Crippen molar-refractivity contribution in [3.63, 3.8) is 0 Å². The van der Waals surface area contributed by atoms with Crippen LogP contribution in [0, 0.1) is 23.1 Å². The summed E-state index contributed by atoms with van der Waals surface area (Å²) in [5.41, 5.74) is 6.56. The summed E-state index contributed by atoms with van der Waals surface area (Å²) in [5, 5.41) is 5.79. The standard InChI is InChI=1S/C27H22F5N5O2Si/c1-40(2,3)12-10-18-22(9-11-34-25(18)33)39-23-20(28)13-16(14-21(23)29)36-26(38)19-15-35-37(24(19)27(30,31)32)17-7-5-4-6-8-17/h4-9,11,13-15H,1-3H3,(H2,33,34)(H,36,38). The molecule has 40 heavy (non-hydrogen) atoms. The molecular formula is C27H22F5N5O2Si. The number of halogens is 5. The number of amides is 1. The van der Waals surface area contributed by atoms with E-state index in [0.717, 1.165) is 6.20 Å². The number of ether oxygens (including phenoxy) is 1. The summed E-state index contributed by atoms with van der Waals surface area (Å²) in [4.78, 5) is 16.7. The predicted octanol–water partition coefficient (Wildman–Crippen LogP) is 6.42. The van der Waals surface area contributed by atoms with Gasteiger partial charge in [0, 0.05) is 30.1 Å². The minimum atomic E-state index is -4.96. The maximum atomic E-state index is 15.0. The van der Waals surface area contributed by atoms with Crippen molar-refractivity contribution in [1.29, 1.82) is 0 Å². The van der Waals surface area contributed by atoms with E-state index in [1.807, 2.05) is 19.6 Å². The number of carbonyl (C=O) groups is 1. The molecule has 0 fully saturated rings. The van der Waals surface area contributed by atoms with Crippen molar-refractivity contribution in [3.05, 3.63) is 89.4 Å². The fourth-order valence-electron chi connectivity index (χ4n) is 3.51. The molecule has 2 aromatic heterocycles. The Kier molecular flexibility index (Phi) is 7.65. The first-order chi connectivity index (χ1) is 18.7. The molecule has 0 atom stereocenters. The lowest BCUT2D eigenvalue weighted by Crippen LogP contribution is -2.20. The zero-order valence-corrected chi connectivity index (χ0v) is 22.4. The van der Waals surface area contributed by atoms with Gasteiger partial charge in [0.05, 0.1) is 17.4 Å². The number of benzene rings is 2. The van der Waals surface area contributed by atoms with Gasteiger partial charge in [0.1, 0.15) is 25.2 Å². The fourth-order valence-corrected chi connectivity index (χ4v) is 4.01. The van der Waals surface area contributed by atoms with Gasteiger partial charge in [0.15, 0.2) is 23.1 Å². The fraction of sp³-hybridized carbons (Fsp3) is 0.148. The maximum absolute atomic E-state index is 15.0. The van der Waals surface area contributed by atoms with E-state index >= 15 is 0 Å². The van der Waals surface area contributed by atoms with E-state index in [1.165, 1.54) is 36.5 Å². The van der Waals surface area contributed by atoms with Gasteiger partial charge in [0.25, 0.3) is 5.91 Å². The highest BCUT2D eigenvalue weighted by Gasteiger charge is 2.40. The van der Waals surface area contributed by atoms with Gasteiger partial charge < -0.3 is 15.8 Å². The molecule has 0 spiro atoms. The molecule has 3 N–H and O–H groups in total. The van der Waals surface area contributed by atoms with E-state index in [4.69, 9.17) is 10.5 Å². The van der Waals surface area contributed by atoms with Gasteiger partial charge >= 0.3 is 6.18 Å². The van der Waals surface area contributed by atoms with Crippen LogP contribution in [0.3, 0.4) is 0 Å². The molecule has 4 rings (SSSR count). The lowest BCUT2D eigenvalue weighted by atomic mass is 10.2. The van der Waals surface area contributed by atoms with Crippen LogP contribution in [0.2, 0.25) is 19.6 Å². The van der Waals surface area contributed by atoms with Crippen molar-refractivity contribution in [2.75, 3.05) is 11.1 Å². The maximum Gasteiger partial charge on any atom is 0.434 e. The van der Waals surface area contributed by atoms with Gasteiger partial charge in [-0.05, 0) is 12.1 Å². The summed E-state index contributed by atoms with van der Waals surface area (Å²) < 4.78 is 77.6. The molecule has 2 aromatic carbocycles. The molecule has 0 saturated carbocycles. The van der Waals surface area contributed by atoms with Crippen LogP contribution in [0.4, 0.5) is 33.5 Å². The predicted molar refractivity (Wildman–Crippen MR) is 142 cm³/mol. The van der Waals surface area contributed by atoms with Crippen LogP contribution in [0.15, 0.2) is 60.9 Å². The van der Waals surface area contributed by atoms with Crippen LogP contribution in [-0.4, -0.2) is 28.7 Å². The Hall–Kier alpha value is -4.70. The first-order valence-electron chi connectivity index (χ1n) is 11.7. The lowest BCUT2D eigenvalue weighted by molar-refractivity contribution is -0.143. The Morgan fingerprint density at radius 1 is 1.07 bits per heavy atom. The highest BCUT2D eigenvalue weighted by molar-refractivity contribution is 6.83. The number of alkyl halides is 3. The van der Waals surface area contributed by atoms with Crippen LogP contribution < -0.4 is 15.8 Å². The third-order valence-electron chi connectivity index (χ3n) is 5.26. The van der Waals surface area contributed by atoms with Gasteiger partial charge in [-0.3, -0.25) is 4.79 Å². The molecule has 0 unspecified atom stereocenters. The van der Waals surface area contributed by atoms with Crippen molar-refractivity contribution in [2.45, 2.75) is 25.8 Å². The van der Waals surface area contributed by atoms with Gasteiger partial charge in [-0.25, -0.2) is 18.4 Å². The molecule has 0 saturated heterocycles. The topological polar surface area (TPSA) is 95.1 Å². The third kappa shape index (κ3) is 6.29. The van der Waals surface area contributed by atoms with Crippen LogP contribution >= 0.6 is 0 Å². The van der Waals surface area contributed by atoms with E-state index in [9.17, 15) is 26.7 Å². The average Bonchev–Trinajstić information content (AvgIpc) is 3.32. The molecule has 1 amide bonds. The van der Waals surface area contributed by atoms with Gasteiger partial charge in [-0.15, -0.1) is 5.54 Å². The number of hydrogen-bond acceptors (Lipinski definition) is 5. The number of carbonyl (C=O) groups excluding carboxylic acids is 1. The number of hydrogen-bond donors (Lipinski definition) is 2. The number of nitrogen functional groups attached to an aromatic ring is 1. The molecule has 0 bridgehead atoms. The number of aromatic nitrogens is 3. The Balaban J connectivity index is 1.64. The smallest absolute Gasteiger partial charge is 0.434 e. The zero-order valence-electron chi connectivity index (χ0n) is 21.4. The Labute approximate surface area is 226 Å². The number of pyridine rings is 1. The molecule has 7 nitrogen and oxygen atoms in total. The van der Waals surface area contributed by atoms with E-state index in [1.54, 1.807) is 6.07 Å². The van der Waals surface area contributed by atoms with Crippen LogP contribution in [-0.2, 0) is 6.18 Å². The number of rotatable bonds is 5. The van der Waals surface area contributed by atoms with Crippen molar-refractivity contribution < 1.29 is 31.5 Å². The zero-order chi connectivity index (χ0) is 29.2. The molecule has 0 aliphatic carbocycles. The SMILES string of the molecule is C[Si](C)(C)C#Cc1c(Oc2c(F)cc(NC(=O)c3cnn(-c4ccccc4)c3C(F)(F)F)cc2F)ccnc1N. The van der Waals surface area contributed by atoms with Crippen molar-refractivity contribution >= 4 is 25.5 Å². The molecule has 2 heterocycles. The average molecular weight is 572 g/mol. The van der Waals surface area contributed by atoms with Gasteiger partial charge in [-0.2, -0.15) is 18.3 Å². The number of nitrogens with two attached hydrogens (primary N) is 1. The monoisotopic (exact) mass is 571 g/mol. The highest BCUT2D eigenvalue weighted by atomic mass is 28.3. The van der Waals surface area contributed by atoms with Crippen LogP contribution in [0.25, 0.3) is 5.69 Å². The summed E-state index contributed by atoms with van der Waals surface area (Å²) in [6.45, 7) is 5.97. The van der Waals surface area contributed by atoms with Gasteiger partial charge in [0.2, 0.25) is 0 Å². The summed E-state index contributed by atoms with van der Waals surface area (Å²) in [6, 6.07) is 10.1. The van der Waals surface area contributed by atoms with Crippen molar-refractivity contribution in [2.24, 2.45) is 0 Å². The number of anilines is 2. The quantitative estimate of drug-likeness (QED) is 0.164. The Bertz CT molecular complexity index is 1610. The van der Waals surface area contributed by atoms with E-state index < -0.39 is 54.5 Å². The van der Waals surface area contributed by atoms with E-state index in [2.05, 4.69) is 26.9 Å².